The van der Waals surface area contributed by atoms with Gasteiger partial charge in [0.2, 0.25) is 0 Å². The van der Waals surface area contributed by atoms with Gasteiger partial charge in [-0.2, -0.15) is 0 Å². The van der Waals surface area contributed by atoms with Gasteiger partial charge in [0.25, 0.3) is 0 Å². The van der Waals surface area contributed by atoms with Gasteiger partial charge in [-0.1, -0.05) is 54.6 Å². The van der Waals surface area contributed by atoms with Crippen molar-refractivity contribution < 1.29 is 4.42 Å². The molecule has 1 atom stereocenters. The van der Waals surface area contributed by atoms with Crippen LogP contribution >= 0.6 is 0 Å². The first-order valence-corrected chi connectivity index (χ1v) is 7.24. The largest absolute Gasteiger partial charge is 0.468 e. The normalized spacial score (nSPS) is 12.2. The standard InChI is InChI=1S/C19H19NO/c1-15(19-8-5-13-21-19)20-14-16-9-11-18(12-10-16)17-6-3-2-4-7-17/h2-13,15,20H,14H2,1H3. The molecule has 1 aromatic heterocycles. The number of hydrogen-bond donors (Lipinski definition) is 1. The maximum Gasteiger partial charge on any atom is 0.120 e. The van der Waals surface area contributed by atoms with E-state index in [4.69, 9.17) is 4.42 Å². The third kappa shape index (κ3) is 3.41. The van der Waals surface area contributed by atoms with E-state index in [-0.39, 0.29) is 6.04 Å². The summed E-state index contributed by atoms with van der Waals surface area (Å²) in [6.07, 6.45) is 1.71. The predicted octanol–water partition coefficient (Wildman–Crippen LogP) is 4.80. The third-order valence-electron chi connectivity index (χ3n) is 3.64. The smallest absolute Gasteiger partial charge is 0.120 e. The SMILES string of the molecule is CC(NCc1ccc(-c2ccccc2)cc1)c1ccco1. The van der Waals surface area contributed by atoms with Gasteiger partial charge in [0, 0.05) is 6.54 Å². The van der Waals surface area contributed by atoms with E-state index >= 15 is 0 Å². The molecule has 0 aliphatic rings. The molecule has 2 heteroatoms. The molecule has 0 spiro atoms. The number of furan rings is 1. The van der Waals surface area contributed by atoms with Crippen LogP contribution in [0.25, 0.3) is 11.1 Å². The molecule has 1 N–H and O–H groups in total. The molecule has 0 saturated heterocycles. The summed E-state index contributed by atoms with van der Waals surface area (Å²) in [7, 11) is 0. The fourth-order valence-electron chi connectivity index (χ4n) is 2.35. The molecule has 0 amide bonds. The van der Waals surface area contributed by atoms with Crippen molar-refractivity contribution in [2.45, 2.75) is 19.5 Å². The van der Waals surface area contributed by atoms with Gasteiger partial charge < -0.3 is 9.73 Å². The Balaban J connectivity index is 1.62. The lowest BCUT2D eigenvalue weighted by molar-refractivity contribution is 0.430. The van der Waals surface area contributed by atoms with Gasteiger partial charge in [-0.05, 0) is 35.7 Å². The Bertz CT molecular complexity index is 657. The van der Waals surface area contributed by atoms with Crippen LogP contribution in [0.4, 0.5) is 0 Å². The van der Waals surface area contributed by atoms with Crippen LogP contribution in [-0.2, 0) is 6.54 Å². The lowest BCUT2D eigenvalue weighted by atomic mass is 10.0. The van der Waals surface area contributed by atoms with Crippen LogP contribution < -0.4 is 5.32 Å². The van der Waals surface area contributed by atoms with Crippen molar-refractivity contribution in [3.63, 3.8) is 0 Å². The molecular formula is C19H19NO. The van der Waals surface area contributed by atoms with Crippen LogP contribution in [0, 0.1) is 0 Å². The van der Waals surface area contributed by atoms with E-state index in [1.54, 1.807) is 6.26 Å². The molecule has 0 aliphatic heterocycles. The number of hydrogen-bond acceptors (Lipinski definition) is 2. The number of rotatable bonds is 5. The average molecular weight is 277 g/mol. The molecule has 0 aliphatic carbocycles. The molecule has 0 fully saturated rings. The van der Waals surface area contributed by atoms with Crippen molar-refractivity contribution in [2.75, 3.05) is 0 Å². The molecule has 3 rings (SSSR count). The molecule has 2 nitrogen and oxygen atoms in total. The molecule has 0 bridgehead atoms. The Kier molecular flexibility index (Phi) is 4.17. The van der Waals surface area contributed by atoms with E-state index in [2.05, 4.69) is 60.8 Å². The van der Waals surface area contributed by atoms with Gasteiger partial charge in [0.15, 0.2) is 0 Å². The van der Waals surface area contributed by atoms with Gasteiger partial charge in [-0.25, -0.2) is 0 Å². The van der Waals surface area contributed by atoms with E-state index in [1.165, 1.54) is 16.7 Å². The van der Waals surface area contributed by atoms with E-state index < -0.39 is 0 Å². The summed E-state index contributed by atoms with van der Waals surface area (Å²) in [6, 6.07) is 23.2. The van der Waals surface area contributed by atoms with Crippen molar-refractivity contribution in [3.8, 4) is 11.1 Å². The summed E-state index contributed by atoms with van der Waals surface area (Å²) < 4.78 is 5.40. The predicted molar refractivity (Wildman–Crippen MR) is 85.8 cm³/mol. The Labute approximate surface area is 125 Å². The first-order valence-electron chi connectivity index (χ1n) is 7.24. The second kappa shape index (κ2) is 6.42. The van der Waals surface area contributed by atoms with Crippen LogP contribution in [0.5, 0.6) is 0 Å². The molecule has 0 saturated carbocycles. The highest BCUT2D eigenvalue weighted by Gasteiger charge is 2.07. The van der Waals surface area contributed by atoms with Crippen molar-refractivity contribution in [1.82, 2.24) is 5.32 Å². The topological polar surface area (TPSA) is 25.2 Å². The van der Waals surface area contributed by atoms with Crippen molar-refractivity contribution in [3.05, 3.63) is 84.3 Å². The van der Waals surface area contributed by atoms with E-state index in [0.29, 0.717) is 0 Å². The minimum atomic E-state index is 0.216. The Morgan fingerprint density at radius 1 is 0.857 bits per heavy atom. The van der Waals surface area contributed by atoms with Crippen molar-refractivity contribution in [2.24, 2.45) is 0 Å². The maximum absolute atomic E-state index is 5.40. The van der Waals surface area contributed by atoms with Gasteiger partial charge >= 0.3 is 0 Å². The Morgan fingerprint density at radius 3 is 2.24 bits per heavy atom. The van der Waals surface area contributed by atoms with Gasteiger partial charge in [0.1, 0.15) is 5.76 Å². The summed E-state index contributed by atoms with van der Waals surface area (Å²) in [4.78, 5) is 0. The van der Waals surface area contributed by atoms with Crippen LogP contribution in [-0.4, -0.2) is 0 Å². The first kappa shape index (κ1) is 13.7. The lowest BCUT2D eigenvalue weighted by Gasteiger charge is -2.11. The van der Waals surface area contributed by atoms with Gasteiger partial charge in [-0.15, -0.1) is 0 Å². The average Bonchev–Trinajstić information content (AvgIpc) is 3.08. The monoisotopic (exact) mass is 277 g/mol. The molecule has 1 heterocycles. The van der Waals surface area contributed by atoms with Gasteiger partial charge in [-0.3, -0.25) is 0 Å². The molecule has 3 aromatic rings. The highest BCUT2D eigenvalue weighted by molar-refractivity contribution is 5.63. The molecule has 0 radical (unpaired) electrons. The summed E-state index contributed by atoms with van der Waals surface area (Å²) in [5, 5.41) is 3.47. The Morgan fingerprint density at radius 2 is 1.57 bits per heavy atom. The quantitative estimate of drug-likeness (QED) is 0.725. The number of nitrogens with one attached hydrogen (secondary N) is 1. The van der Waals surface area contributed by atoms with Gasteiger partial charge in [0.05, 0.1) is 12.3 Å². The zero-order chi connectivity index (χ0) is 14.5. The first-order chi connectivity index (χ1) is 10.3. The fraction of sp³-hybridized carbons (Fsp3) is 0.158. The van der Waals surface area contributed by atoms with E-state index in [9.17, 15) is 0 Å². The zero-order valence-corrected chi connectivity index (χ0v) is 12.1. The van der Waals surface area contributed by atoms with Crippen LogP contribution in [0.3, 0.4) is 0 Å². The minimum Gasteiger partial charge on any atom is -0.468 e. The molecular weight excluding hydrogens is 258 g/mol. The summed E-state index contributed by atoms with van der Waals surface area (Å²) in [5.41, 5.74) is 3.77. The third-order valence-corrected chi connectivity index (χ3v) is 3.64. The van der Waals surface area contributed by atoms with Crippen molar-refractivity contribution in [1.29, 1.82) is 0 Å². The zero-order valence-electron chi connectivity index (χ0n) is 12.1. The van der Waals surface area contributed by atoms with Crippen LogP contribution in [0.2, 0.25) is 0 Å². The summed E-state index contributed by atoms with van der Waals surface area (Å²) in [5.74, 6) is 0.968. The highest BCUT2D eigenvalue weighted by atomic mass is 16.3. The van der Waals surface area contributed by atoms with Crippen molar-refractivity contribution >= 4 is 0 Å². The van der Waals surface area contributed by atoms with Crippen LogP contribution in [0.15, 0.2) is 77.4 Å². The second-order valence-electron chi connectivity index (χ2n) is 5.18. The van der Waals surface area contributed by atoms with E-state index in [0.717, 1.165) is 12.3 Å². The summed E-state index contributed by atoms with van der Waals surface area (Å²) in [6.45, 7) is 2.94. The number of benzene rings is 2. The maximum atomic E-state index is 5.40. The molecule has 106 valence electrons. The minimum absolute atomic E-state index is 0.216. The van der Waals surface area contributed by atoms with E-state index in [1.807, 2.05) is 18.2 Å². The summed E-state index contributed by atoms with van der Waals surface area (Å²) >= 11 is 0. The molecule has 2 aromatic carbocycles. The lowest BCUT2D eigenvalue weighted by Crippen LogP contribution is -2.17. The molecule has 1 unspecified atom stereocenters. The van der Waals surface area contributed by atoms with Crippen LogP contribution in [0.1, 0.15) is 24.3 Å². The molecule has 21 heavy (non-hydrogen) atoms. The second-order valence-corrected chi connectivity index (χ2v) is 5.18. The Hall–Kier alpha value is -2.32. The highest BCUT2D eigenvalue weighted by Crippen LogP contribution is 2.19. The fourth-order valence-corrected chi connectivity index (χ4v) is 2.35.